The van der Waals surface area contributed by atoms with Crippen molar-refractivity contribution in [3.05, 3.63) is 27.2 Å². The first kappa shape index (κ1) is 11.5. The Hall–Kier alpha value is -0.540. The van der Waals surface area contributed by atoms with Gasteiger partial charge < -0.3 is 0 Å². The van der Waals surface area contributed by atoms with Crippen molar-refractivity contribution in [1.82, 2.24) is 0 Å². The molecule has 5 heteroatoms. The molecule has 0 saturated heterocycles. The van der Waals surface area contributed by atoms with Crippen LogP contribution in [0.1, 0.15) is 11.8 Å². The molecule has 0 unspecified atom stereocenters. The molecule has 0 radical (unpaired) electrons. The molecule has 1 heterocycles. The number of halogens is 2. The maximum absolute atomic E-state index is 13.2. The summed E-state index contributed by atoms with van der Waals surface area (Å²) in [5, 5.41) is 2.03. The molecule has 0 atom stereocenters. The van der Waals surface area contributed by atoms with Gasteiger partial charge in [-0.3, -0.25) is 0 Å². The van der Waals surface area contributed by atoms with E-state index in [1.807, 2.05) is 19.1 Å². The Labute approximate surface area is 95.9 Å². The second kappa shape index (κ2) is 5.37. The second-order valence-corrected chi connectivity index (χ2v) is 4.05. The zero-order chi connectivity index (χ0) is 10.6. The molecule has 0 aliphatic heterocycles. The van der Waals surface area contributed by atoms with E-state index in [0.717, 1.165) is 16.2 Å². The van der Waals surface area contributed by atoms with Gasteiger partial charge in [0.25, 0.3) is 0 Å². The number of rotatable bonds is 3. The van der Waals surface area contributed by atoms with Crippen LogP contribution in [0.15, 0.2) is 17.1 Å². The van der Waals surface area contributed by atoms with Crippen LogP contribution in [-0.2, 0) is 6.42 Å². The lowest BCUT2D eigenvalue weighted by Crippen LogP contribution is -1.73. The van der Waals surface area contributed by atoms with Gasteiger partial charge in [-0.1, -0.05) is 23.8 Å². The van der Waals surface area contributed by atoms with E-state index in [2.05, 4.69) is 22.4 Å². The van der Waals surface area contributed by atoms with Crippen LogP contribution >= 0.6 is 35.2 Å². The van der Waals surface area contributed by atoms with E-state index in [-0.39, 0.29) is 5.69 Å². The number of thiophene rings is 1. The molecule has 0 fully saturated rings. The van der Waals surface area contributed by atoms with Crippen LogP contribution in [0.2, 0.25) is 5.02 Å². The average Bonchev–Trinajstić information content (AvgIpc) is 2.43. The molecule has 1 nitrogen and oxygen atoms in total. The molecule has 0 N–H and O–H groups in total. The fraction of sp³-hybridized carbons (Fsp3) is 0.222. The monoisotopic (exact) mass is 247 g/mol. The first-order chi connectivity index (χ1) is 6.70. The molecule has 1 aromatic rings. The molecule has 0 saturated carbocycles. The number of allylic oxidation sites excluding steroid dienone is 2. The topological polar surface area (TPSA) is 12.4 Å². The maximum atomic E-state index is 13.2. The lowest BCUT2D eigenvalue weighted by molar-refractivity contribution is 0.659. The van der Waals surface area contributed by atoms with E-state index in [4.69, 9.17) is 11.6 Å². The highest BCUT2D eigenvalue weighted by Crippen LogP contribution is 2.38. The molecule has 0 spiro atoms. The van der Waals surface area contributed by atoms with E-state index < -0.39 is 5.13 Å². The van der Waals surface area contributed by atoms with Crippen molar-refractivity contribution in [2.45, 2.75) is 13.3 Å². The second-order valence-electron chi connectivity index (χ2n) is 2.44. The summed E-state index contributed by atoms with van der Waals surface area (Å²) in [4.78, 5) is 4.33. The van der Waals surface area contributed by atoms with Gasteiger partial charge in [-0.15, -0.1) is 11.3 Å². The van der Waals surface area contributed by atoms with Crippen molar-refractivity contribution < 1.29 is 4.39 Å². The Kier molecular flexibility index (Phi) is 4.42. The van der Waals surface area contributed by atoms with Crippen LogP contribution in [0, 0.1) is 5.13 Å². The van der Waals surface area contributed by atoms with Gasteiger partial charge in [-0.2, -0.15) is 9.38 Å². The lowest BCUT2D eigenvalue weighted by Gasteiger charge is -1.90. The number of hydrogen-bond donors (Lipinski definition) is 0. The number of aliphatic imine (C=N–C) groups is 1. The van der Waals surface area contributed by atoms with Gasteiger partial charge >= 0.3 is 0 Å². The van der Waals surface area contributed by atoms with E-state index in [0.29, 0.717) is 11.4 Å². The normalized spacial score (nSPS) is 10.5. The lowest BCUT2D eigenvalue weighted by atomic mass is 10.3. The zero-order valence-corrected chi connectivity index (χ0v) is 9.77. The predicted molar refractivity (Wildman–Crippen MR) is 62.5 cm³/mol. The Morgan fingerprint density at radius 2 is 2.43 bits per heavy atom. The fourth-order valence-electron chi connectivity index (χ4n) is 0.914. The number of nitrogens with zero attached hydrogens (tertiary/aromatic N) is 1. The molecule has 0 aliphatic rings. The third-order valence-corrected chi connectivity index (χ3v) is 3.15. The van der Waals surface area contributed by atoms with Crippen LogP contribution in [0.3, 0.4) is 0 Å². The summed E-state index contributed by atoms with van der Waals surface area (Å²) in [6, 6.07) is 0. The van der Waals surface area contributed by atoms with Gasteiger partial charge in [0.1, 0.15) is 5.69 Å². The number of isothiocyanates is 1. The van der Waals surface area contributed by atoms with Crippen LogP contribution in [0.4, 0.5) is 10.1 Å². The molecular weight excluding hydrogens is 241 g/mol. The first-order valence-electron chi connectivity index (χ1n) is 3.86. The summed E-state index contributed by atoms with van der Waals surface area (Å²) < 4.78 is 13.2. The molecule has 74 valence electrons. The van der Waals surface area contributed by atoms with Gasteiger partial charge in [0, 0.05) is 11.3 Å². The number of hydrogen-bond acceptors (Lipinski definition) is 3. The summed E-state index contributed by atoms with van der Waals surface area (Å²) in [6.07, 6.45) is 4.40. The number of thiocarbonyl (C=S) groups is 1. The van der Waals surface area contributed by atoms with Crippen molar-refractivity contribution in [2.24, 2.45) is 4.99 Å². The smallest absolute Gasteiger partial charge is 0.193 e. The average molecular weight is 248 g/mol. The van der Waals surface area contributed by atoms with Crippen molar-refractivity contribution >= 4 is 46.0 Å². The van der Waals surface area contributed by atoms with Crippen molar-refractivity contribution in [2.75, 3.05) is 0 Å². The standard InChI is InChI=1S/C9H7ClFNS2/c1-2-3-4-6-7(10)8(12-5-13)9(11)14-6/h2-3H,4H2,1H3/b3-2-. The Morgan fingerprint density at radius 1 is 1.71 bits per heavy atom. The van der Waals surface area contributed by atoms with Crippen LogP contribution < -0.4 is 0 Å². The Balaban J connectivity index is 3.09. The first-order valence-corrected chi connectivity index (χ1v) is 5.46. The molecule has 0 aromatic carbocycles. The van der Waals surface area contributed by atoms with Crippen molar-refractivity contribution in [3.63, 3.8) is 0 Å². The summed E-state index contributed by atoms with van der Waals surface area (Å²) >= 11 is 11.3. The minimum atomic E-state index is -0.410. The van der Waals surface area contributed by atoms with Crippen molar-refractivity contribution in [1.29, 1.82) is 0 Å². The predicted octanol–water partition coefficient (Wildman–Crippen LogP) is 4.39. The molecule has 0 amide bonds. The third kappa shape index (κ3) is 2.49. The fourth-order valence-corrected chi connectivity index (χ4v) is 2.21. The summed E-state index contributed by atoms with van der Waals surface area (Å²) in [5.41, 5.74) is 0.103. The zero-order valence-electron chi connectivity index (χ0n) is 7.38. The minimum absolute atomic E-state index is 0.103. The highest BCUT2D eigenvalue weighted by Gasteiger charge is 2.14. The molecule has 1 rings (SSSR count). The van der Waals surface area contributed by atoms with E-state index >= 15 is 0 Å². The highest BCUT2D eigenvalue weighted by atomic mass is 35.5. The largest absolute Gasteiger partial charge is 0.204 e. The van der Waals surface area contributed by atoms with Crippen LogP contribution in [0.25, 0.3) is 0 Å². The summed E-state index contributed by atoms with van der Waals surface area (Å²) in [7, 11) is 0. The molecule has 0 aliphatic carbocycles. The minimum Gasteiger partial charge on any atom is -0.193 e. The molecule has 1 aromatic heterocycles. The van der Waals surface area contributed by atoms with Gasteiger partial charge in [0.2, 0.25) is 5.13 Å². The summed E-state index contributed by atoms with van der Waals surface area (Å²) in [6.45, 7) is 1.90. The van der Waals surface area contributed by atoms with Gasteiger partial charge in [-0.05, 0) is 19.1 Å². The molecule has 0 bridgehead atoms. The van der Waals surface area contributed by atoms with E-state index in [1.54, 1.807) is 0 Å². The van der Waals surface area contributed by atoms with Gasteiger partial charge in [-0.25, -0.2) is 0 Å². The van der Waals surface area contributed by atoms with E-state index in [9.17, 15) is 4.39 Å². The molecule has 14 heavy (non-hydrogen) atoms. The Morgan fingerprint density at radius 3 is 3.00 bits per heavy atom. The highest BCUT2D eigenvalue weighted by molar-refractivity contribution is 7.78. The maximum Gasteiger partial charge on any atom is 0.204 e. The quantitative estimate of drug-likeness (QED) is 0.438. The van der Waals surface area contributed by atoms with Gasteiger partial charge in [0.15, 0.2) is 0 Å². The Bertz CT molecular complexity index is 405. The van der Waals surface area contributed by atoms with Crippen LogP contribution in [0.5, 0.6) is 0 Å². The third-order valence-electron chi connectivity index (χ3n) is 1.55. The SMILES string of the molecule is C/C=C\Cc1sc(F)c(N=C=S)c1Cl. The van der Waals surface area contributed by atoms with Gasteiger partial charge in [0.05, 0.1) is 10.2 Å². The molecular formula is C9H7ClFNS2. The van der Waals surface area contributed by atoms with Crippen molar-refractivity contribution in [3.8, 4) is 0 Å². The summed E-state index contributed by atoms with van der Waals surface area (Å²) in [5.74, 6) is 0. The van der Waals surface area contributed by atoms with Crippen LogP contribution in [-0.4, -0.2) is 5.16 Å². The van der Waals surface area contributed by atoms with E-state index in [1.165, 1.54) is 0 Å².